The maximum Gasteiger partial charge on any atom is 0.0555 e. The molecule has 0 aromatic carbocycles. The van der Waals surface area contributed by atoms with Gasteiger partial charge in [-0.3, -0.25) is 0 Å². The number of nitrogens with one attached hydrogen (secondary N) is 1. The molecule has 0 bridgehead atoms. The van der Waals surface area contributed by atoms with Crippen LogP contribution in [0.5, 0.6) is 0 Å². The summed E-state index contributed by atoms with van der Waals surface area (Å²) >= 11 is 0. The molecule has 0 aromatic rings. The van der Waals surface area contributed by atoms with Gasteiger partial charge in [0.25, 0.3) is 0 Å². The van der Waals surface area contributed by atoms with E-state index < -0.39 is 0 Å². The van der Waals surface area contributed by atoms with E-state index in [1.165, 1.54) is 32.1 Å². The summed E-state index contributed by atoms with van der Waals surface area (Å²) in [6.07, 6.45) is 6.89. The van der Waals surface area contributed by atoms with E-state index in [1.54, 1.807) is 0 Å². The Bertz CT molecular complexity index is 119. The first-order valence-electron chi connectivity index (χ1n) is 5.08. The molecule has 0 saturated heterocycles. The number of aliphatic hydroxyl groups excluding tert-OH is 1. The predicted octanol–water partition coefficient (Wildman–Crippen LogP) is 1.54. The normalized spacial score (nSPS) is 22.5. The number of hydrogen-bond acceptors (Lipinski definition) is 2. The fraction of sp³-hybridized carbons (Fsp3) is 1.00. The smallest absolute Gasteiger partial charge is 0.0555 e. The fourth-order valence-corrected chi connectivity index (χ4v) is 2.05. The van der Waals surface area contributed by atoms with E-state index in [0.29, 0.717) is 5.41 Å². The minimum atomic E-state index is 0.260. The van der Waals surface area contributed by atoms with Crippen LogP contribution in [0.3, 0.4) is 0 Å². The number of aliphatic hydroxyl groups is 1. The first-order valence-corrected chi connectivity index (χ1v) is 5.08. The van der Waals surface area contributed by atoms with Crippen LogP contribution in [0.2, 0.25) is 0 Å². The van der Waals surface area contributed by atoms with Crippen LogP contribution in [0.1, 0.15) is 39.0 Å². The van der Waals surface area contributed by atoms with Crippen molar-refractivity contribution < 1.29 is 5.11 Å². The Labute approximate surface area is 75.4 Å². The summed E-state index contributed by atoms with van der Waals surface area (Å²) < 4.78 is 0. The zero-order chi connectivity index (χ0) is 8.86. The number of rotatable bonds is 4. The lowest BCUT2D eigenvalue weighted by atomic mass is 9.76. The van der Waals surface area contributed by atoms with Gasteiger partial charge in [0.15, 0.2) is 0 Å². The van der Waals surface area contributed by atoms with Crippen LogP contribution < -0.4 is 5.32 Å². The third-order valence-electron chi connectivity index (χ3n) is 2.90. The monoisotopic (exact) mass is 171 g/mol. The SMILES string of the molecule is CC1(CNCCO)CCCCC1. The molecule has 2 N–H and O–H groups in total. The molecule has 1 saturated carbocycles. The van der Waals surface area contributed by atoms with Crippen molar-refractivity contribution in [3.63, 3.8) is 0 Å². The summed E-state index contributed by atoms with van der Waals surface area (Å²) in [5, 5.41) is 11.9. The average Bonchev–Trinajstić information content (AvgIpc) is 2.06. The van der Waals surface area contributed by atoms with Gasteiger partial charge in [-0.05, 0) is 18.3 Å². The van der Waals surface area contributed by atoms with Crippen molar-refractivity contribution in [3.8, 4) is 0 Å². The van der Waals surface area contributed by atoms with Crippen LogP contribution in [0, 0.1) is 5.41 Å². The third-order valence-corrected chi connectivity index (χ3v) is 2.90. The molecule has 1 aliphatic rings. The summed E-state index contributed by atoms with van der Waals surface area (Å²) in [5.74, 6) is 0. The first-order chi connectivity index (χ1) is 5.77. The van der Waals surface area contributed by atoms with Crippen LogP contribution in [-0.4, -0.2) is 24.8 Å². The molecule has 2 nitrogen and oxygen atoms in total. The Morgan fingerprint density at radius 2 is 1.92 bits per heavy atom. The Hall–Kier alpha value is -0.0800. The molecule has 0 aromatic heterocycles. The van der Waals surface area contributed by atoms with E-state index in [1.807, 2.05) is 0 Å². The minimum Gasteiger partial charge on any atom is -0.395 e. The average molecular weight is 171 g/mol. The van der Waals surface area contributed by atoms with Crippen molar-refractivity contribution in [2.45, 2.75) is 39.0 Å². The third kappa shape index (κ3) is 3.11. The van der Waals surface area contributed by atoms with Crippen molar-refractivity contribution in [2.75, 3.05) is 19.7 Å². The quantitative estimate of drug-likeness (QED) is 0.629. The lowest BCUT2D eigenvalue weighted by Gasteiger charge is -2.33. The molecule has 0 atom stereocenters. The van der Waals surface area contributed by atoms with Crippen molar-refractivity contribution in [2.24, 2.45) is 5.41 Å². The van der Waals surface area contributed by atoms with Gasteiger partial charge in [0.05, 0.1) is 6.61 Å². The lowest BCUT2D eigenvalue weighted by molar-refractivity contribution is 0.200. The van der Waals surface area contributed by atoms with Crippen molar-refractivity contribution in [3.05, 3.63) is 0 Å². The predicted molar refractivity (Wildman–Crippen MR) is 51.1 cm³/mol. The van der Waals surface area contributed by atoms with Crippen LogP contribution in [0.15, 0.2) is 0 Å². The van der Waals surface area contributed by atoms with Crippen LogP contribution in [-0.2, 0) is 0 Å². The van der Waals surface area contributed by atoms with Crippen LogP contribution in [0.4, 0.5) is 0 Å². The van der Waals surface area contributed by atoms with E-state index in [4.69, 9.17) is 5.11 Å². The van der Waals surface area contributed by atoms with Gasteiger partial charge in [-0.2, -0.15) is 0 Å². The molecule has 0 heterocycles. The highest BCUT2D eigenvalue weighted by Crippen LogP contribution is 2.34. The zero-order valence-electron chi connectivity index (χ0n) is 8.10. The minimum absolute atomic E-state index is 0.260. The largest absolute Gasteiger partial charge is 0.395 e. The molecule has 12 heavy (non-hydrogen) atoms. The first kappa shape index (κ1) is 10.0. The van der Waals surface area contributed by atoms with Gasteiger partial charge in [0.2, 0.25) is 0 Å². The second kappa shape index (κ2) is 4.83. The van der Waals surface area contributed by atoms with Gasteiger partial charge in [-0.15, -0.1) is 0 Å². The molecule has 0 amide bonds. The molecule has 1 fully saturated rings. The second-order valence-electron chi connectivity index (χ2n) is 4.27. The molecule has 2 heteroatoms. The van der Waals surface area contributed by atoms with Gasteiger partial charge >= 0.3 is 0 Å². The van der Waals surface area contributed by atoms with Gasteiger partial charge in [-0.25, -0.2) is 0 Å². The Morgan fingerprint density at radius 3 is 2.50 bits per heavy atom. The van der Waals surface area contributed by atoms with Crippen molar-refractivity contribution in [1.29, 1.82) is 0 Å². The summed E-state index contributed by atoms with van der Waals surface area (Å²) in [7, 11) is 0. The lowest BCUT2D eigenvalue weighted by Crippen LogP contribution is -2.34. The van der Waals surface area contributed by atoms with E-state index in [2.05, 4.69) is 12.2 Å². The molecular weight excluding hydrogens is 150 g/mol. The molecule has 1 aliphatic carbocycles. The Balaban J connectivity index is 2.17. The highest BCUT2D eigenvalue weighted by atomic mass is 16.3. The topological polar surface area (TPSA) is 32.3 Å². The van der Waals surface area contributed by atoms with E-state index in [9.17, 15) is 0 Å². The van der Waals surface area contributed by atoms with Crippen molar-refractivity contribution >= 4 is 0 Å². The molecule has 0 unspecified atom stereocenters. The highest BCUT2D eigenvalue weighted by molar-refractivity contribution is 4.80. The molecule has 72 valence electrons. The second-order valence-corrected chi connectivity index (χ2v) is 4.27. The fourth-order valence-electron chi connectivity index (χ4n) is 2.05. The molecule has 1 rings (SSSR count). The molecular formula is C10H21NO. The Kier molecular flexibility index (Phi) is 4.02. The summed E-state index contributed by atoms with van der Waals surface area (Å²) in [6.45, 7) is 4.44. The highest BCUT2D eigenvalue weighted by Gasteiger charge is 2.25. The molecule has 0 radical (unpaired) electrons. The van der Waals surface area contributed by atoms with Gasteiger partial charge < -0.3 is 10.4 Å². The van der Waals surface area contributed by atoms with Crippen molar-refractivity contribution in [1.82, 2.24) is 5.32 Å². The molecule has 0 aliphatic heterocycles. The zero-order valence-corrected chi connectivity index (χ0v) is 8.10. The van der Waals surface area contributed by atoms with Crippen LogP contribution >= 0.6 is 0 Å². The Morgan fingerprint density at radius 1 is 1.25 bits per heavy atom. The van der Waals surface area contributed by atoms with Gasteiger partial charge in [0, 0.05) is 13.1 Å². The van der Waals surface area contributed by atoms with Crippen LogP contribution in [0.25, 0.3) is 0 Å². The standard InChI is InChI=1S/C10H21NO/c1-10(9-11-7-8-12)5-3-2-4-6-10/h11-12H,2-9H2,1H3. The van der Waals surface area contributed by atoms with E-state index in [0.717, 1.165) is 13.1 Å². The summed E-state index contributed by atoms with van der Waals surface area (Å²) in [6, 6.07) is 0. The van der Waals surface area contributed by atoms with Gasteiger partial charge in [0.1, 0.15) is 0 Å². The number of hydrogen-bond donors (Lipinski definition) is 2. The van der Waals surface area contributed by atoms with E-state index >= 15 is 0 Å². The summed E-state index contributed by atoms with van der Waals surface area (Å²) in [5.41, 5.74) is 0.507. The van der Waals surface area contributed by atoms with E-state index in [-0.39, 0.29) is 6.61 Å². The maximum absolute atomic E-state index is 8.62. The maximum atomic E-state index is 8.62. The van der Waals surface area contributed by atoms with Gasteiger partial charge in [-0.1, -0.05) is 26.2 Å². The molecule has 0 spiro atoms. The summed E-state index contributed by atoms with van der Waals surface area (Å²) in [4.78, 5) is 0.